The van der Waals surface area contributed by atoms with Crippen LogP contribution in [0.5, 0.6) is 11.5 Å². The van der Waals surface area contributed by atoms with Crippen LogP contribution in [0, 0.1) is 6.92 Å². The highest BCUT2D eigenvalue weighted by Crippen LogP contribution is 2.34. The Morgan fingerprint density at radius 2 is 1.81 bits per heavy atom. The largest absolute Gasteiger partial charge is 0.490 e. The number of aryl methyl sites for hydroxylation is 1. The third-order valence-corrected chi connectivity index (χ3v) is 7.18. The van der Waals surface area contributed by atoms with E-state index in [0.717, 1.165) is 16.7 Å². The lowest BCUT2D eigenvalue weighted by Crippen LogP contribution is -2.19. The lowest BCUT2D eigenvalue weighted by Gasteiger charge is -2.14. The zero-order valence-electron chi connectivity index (χ0n) is 20.5. The van der Waals surface area contributed by atoms with Crippen LogP contribution in [-0.2, 0) is 11.4 Å². The summed E-state index contributed by atoms with van der Waals surface area (Å²) in [5.74, 6) is 1.08. The number of nitrogens with one attached hydrogen (secondary N) is 1. The molecule has 1 aliphatic rings. The molecular formula is C30H25ClN2O3S. The Bertz CT molecular complexity index is 1540. The van der Waals surface area contributed by atoms with E-state index < -0.39 is 0 Å². The van der Waals surface area contributed by atoms with Gasteiger partial charge in [0.1, 0.15) is 6.61 Å². The highest BCUT2D eigenvalue weighted by Gasteiger charge is 2.24. The Morgan fingerprint density at radius 3 is 2.65 bits per heavy atom. The zero-order valence-corrected chi connectivity index (χ0v) is 22.0. The van der Waals surface area contributed by atoms with Crippen LogP contribution in [-0.4, -0.2) is 17.7 Å². The molecule has 1 aliphatic heterocycles. The molecule has 0 radical (unpaired) electrons. The Morgan fingerprint density at radius 1 is 0.973 bits per heavy atom. The molecule has 1 amide bonds. The van der Waals surface area contributed by atoms with Gasteiger partial charge in [-0.05, 0) is 83.4 Å². The molecule has 0 atom stereocenters. The molecule has 1 fully saturated rings. The summed E-state index contributed by atoms with van der Waals surface area (Å²) < 4.78 is 12.0. The summed E-state index contributed by atoms with van der Waals surface area (Å²) in [5.41, 5.74) is 3.60. The van der Waals surface area contributed by atoms with Gasteiger partial charge in [0.25, 0.3) is 5.91 Å². The molecular weight excluding hydrogens is 504 g/mol. The summed E-state index contributed by atoms with van der Waals surface area (Å²) in [6.45, 7) is 4.78. The second kappa shape index (κ2) is 11.1. The normalized spacial score (nSPS) is 15.4. The fourth-order valence-electron chi connectivity index (χ4n) is 3.98. The van der Waals surface area contributed by atoms with Gasteiger partial charge in [0.05, 0.1) is 17.2 Å². The summed E-state index contributed by atoms with van der Waals surface area (Å²) in [4.78, 5) is 17.6. The van der Waals surface area contributed by atoms with Crippen LogP contribution in [0.1, 0.15) is 23.6 Å². The predicted octanol–water partition coefficient (Wildman–Crippen LogP) is 7.67. The molecule has 37 heavy (non-hydrogen) atoms. The second-order valence-electron chi connectivity index (χ2n) is 8.48. The van der Waals surface area contributed by atoms with Gasteiger partial charge in [0.15, 0.2) is 16.7 Å². The quantitative estimate of drug-likeness (QED) is 0.250. The van der Waals surface area contributed by atoms with Gasteiger partial charge in [-0.2, -0.15) is 0 Å². The fourth-order valence-corrected chi connectivity index (χ4v) is 4.99. The Hall–Kier alpha value is -3.74. The average molecular weight is 529 g/mol. The molecule has 0 aromatic heterocycles. The molecule has 1 heterocycles. The van der Waals surface area contributed by atoms with Crippen molar-refractivity contribution in [1.82, 2.24) is 5.32 Å². The van der Waals surface area contributed by atoms with E-state index in [1.165, 1.54) is 22.5 Å². The molecule has 4 aromatic carbocycles. The minimum atomic E-state index is -0.198. The number of carbonyl (C=O) groups is 1. The van der Waals surface area contributed by atoms with Gasteiger partial charge in [-0.25, -0.2) is 4.99 Å². The lowest BCUT2D eigenvalue weighted by atomic mass is 10.1. The fraction of sp³-hybridized carbons (Fsp3) is 0.133. The summed E-state index contributed by atoms with van der Waals surface area (Å²) in [5, 5.41) is 6.31. The topological polar surface area (TPSA) is 59.9 Å². The summed E-state index contributed by atoms with van der Waals surface area (Å²) in [6, 6.07) is 25.7. The highest BCUT2D eigenvalue weighted by molar-refractivity contribution is 8.18. The number of rotatable bonds is 7. The Balaban J connectivity index is 1.34. The minimum Gasteiger partial charge on any atom is -0.490 e. The van der Waals surface area contributed by atoms with Gasteiger partial charge in [0.2, 0.25) is 0 Å². The molecule has 0 bridgehead atoms. The molecule has 1 saturated heterocycles. The number of ether oxygens (including phenoxy) is 2. The van der Waals surface area contributed by atoms with Crippen molar-refractivity contribution < 1.29 is 14.3 Å². The van der Waals surface area contributed by atoms with Crippen LogP contribution in [0.25, 0.3) is 16.8 Å². The van der Waals surface area contributed by atoms with Gasteiger partial charge in [-0.3, -0.25) is 4.79 Å². The number of halogens is 1. The van der Waals surface area contributed by atoms with Crippen molar-refractivity contribution in [3.05, 3.63) is 105 Å². The molecule has 5 rings (SSSR count). The van der Waals surface area contributed by atoms with Gasteiger partial charge >= 0.3 is 0 Å². The number of aliphatic imine (C=N–C) groups is 1. The number of hydrogen-bond donors (Lipinski definition) is 1. The second-order valence-corrected chi connectivity index (χ2v) is 9.92. The Labute approximate surface area is 225 Å². The monoisotopic (exact) mass is 528 g/mol. The number of carbonyl (C=O) groups excluding carboxylic acids is 1. The number of fused-ring (bicyclic) bond motifs is 1. The first-order valence-corrected chi connectivity index (χ1v) is 13.1. The molecule has 0 aliphatic carbocycles. The van der Waals surface area contributed by atoms with E-state index in [-0.39, 0.29) is 5.91 Å². The number of amidine groups is 1. The van der Waals surface area contributed by atoms with Crippen molar-refractivity contribution >= 4 is 57.0 Å². The van der Waals surface area contributed by atoms with Crippen LogP contribution in [0.3, 0.4) is 0 Å². The maximum absolute atomic E-state index is 12.6. The van der Waals surface area contributed by atoms with E-state index in [4.69, 9.17) is 21.1 Å². The zero-order chi connectivity index (χ0) is 25.8. The number of thioether (sulfide) groups is 1. The van der Waals surface area contributed by atoms with Crippen molar-refractivity contribution in [2.75, 3.05) is 6.61 Å². The van der Waals surface area contributed by atoms with Crippen molar-refractivity contribution in [1.29, 1.82) is 0 Å². The smallest absolute Gasteiger partial charge is 0.264 e. The number of amides is 1. The molecule has 0 unspecified atom stereocenters. The molecule has 186 valence electrons. The lowest BCUT2D eigenvalue weighted by molar-refractivity contribution is -0.115. The van der Waals surface area contributed by atoms with E-state index in [9.17, 15) is 4.79 Å². The maximum atomic E-state index is 12.6. The molecule has 7 heteroatoms. The highest BCUT2D eigenvalue weighted by atomic mass is 35.5. The molecule has 5 nitrogen and oxygen atoms in total. The van der Waals surface area contributed by atoms with E-state index in [2.05, 4.69) is 34.6 Å². The van der Waals surface area contributed by atoms with Crippen LogP contribution < -0.4 is 14.8 Å². The average Bonchev–Trinajstić information content (AvgIpc) is 3.24. The first-order valence-electron chi connectivity index (χ1n) is 11.9. The number of nitrogens with zero attached hydrogens (tertiary/aromatic N) is 1. The van der Waals surface area contributed by atoms with Crippen LogP contribution in [0.15, 0.2) is 88.8 Å². The first-order chi connectivity index (χ1) is 18.0. The third-order valence-electron chi connectivity index (χ3n) is 5.87. The molecule has 0 spiro atoms. The summed E-state index contributed by atoms with van der Waals surface area (Å²) >= 11 is 7.49. The maximum Gasteiger partial charge on any atom is 0.264 e. The first kappa shape index (κ1) is 24.9. The standard InChI is InChI=1S/C30H25ClN2O3S/c1-3-35-27-15-20(12-14-26(27)36-18-22-9-6-8-21-7-4-5-10-24(21)22)16-28-29(34)33-30(37-28)32-23-13-11-19(2)25(31)17-23/h4-17H,3,18H2,1-2H3,(H,32,33,34)/b28-16-. The Kier molecular flexibility index (Phi) is 7.49. The van der Waals surface area contributed by atoms with Crippen LogP contribution in [0.4, 0.5) is 5.69 Å². The predicted molar refractivity (Wildman–Crippen MR) is 153 cm³/mol. The van der Waals surface area contributed by atoms with Gasteiger partial charge in [-0.15, -0.1) is 0 Å². The van der Waals surface area contributed by atoms with Crippen molar-refractivity contribution in [2.45, 2.75) is 20.5 Å². The van der Waals surface area contributed by atoms with E-state index in [1.807, 2.05) is 68.5 Å². The van der Waals surface area contributed by atoms with Crippen LogP contribution >= 0.6 is 23.4 Å². The van der Waals surface area contributed by atoms with E-state index in [1.54, 1.807) is 6.07 Å². The minimum absolute atomic E-state index is 0.198. The summed E-state index contributed by atoms with van der Waals surface area (Å²) in [6.07, 6.45) is 1.82. The van der Waals surface area contributed by atoms with E-state index in [0.29, 0.717) is 45.5 Å². The SMILES string of the molecule is CCOc1cc(/C=C2\SC(=Nc3ccc(C)c(Cl)c3)NC2=O)ccc1OCc1cccc2ccccc12. The molecule has 0 saturated carbocycles. The van der Waals surface area contributed by atoms with Gasteiger partial charge in [-0.1, -0.05) is 66.2 Å². The van der Waals surface area contributed by atoms with Gasteiger partial charge in [0, 0.05) is 5.02 Å². The number of hydrogen-bond acceptors (Lipinski definition) is 5. The van der Waals surface area contributed by atoms with Crippen molar-refractivity contribution in [3.8, 4) is 11.5 Å². The number of benzene rings is 4. The molecule has 1 N–H and O–H groups in total. The third kappa shape index (κ3) is 5.82. The summed E-state index contributed by atoms with van der Waals surface area (Å²) in [7, 11) is 0. The van der Waals surface area contributed by atoms with Gasteiger partial charge < -0.3 is 14.8 Å². The molecule has 4 aromatic rings. The van der Waals surface area contributed by atoms with Crippen molar-refractivity contribution in [3.63, 3.8) is 0 Å². The van der Waals surface area contributed by atoms with E-state index >= 15 is 0 Å². The van der Waals surface area contributed by atoms with Crippen LogP contribution in [0.2, 0.25) is 5.02 Å². The van der Waals surface area contributed by atoms with Crippen molar-refractivity contribution in [2.24, 2.45) is 4.99 Å².